The van der Waals surface area contributed by atoms with Crippen molar-refractivity contribution in [2.75, 3.05) is 20.7 Å². The third kappa shape index (κ3) is 3.40. The number of methoxy groups -OCH3 is 1. The second-order valence-electron chi connectivity index (χ2n) is 6.22. The highest BCUT2D eigenvalue weighted by Crippen LogP contribution is 2.49. The van der Waals surface area contributed by atoms with Crippen LogP contribution in [0.5, 0.6) is 5.75 Å². The van der Waals surface area contributed by atoms with Crippen LogP contribution in [0.2, 0.25) is 0 Å². The average Bonchev–Trinajstić information content (AvgIpc) is 3.29. The summed E-state index contributed by atoms with van der Waals surface area (Å²) >= 11 is 0. The normalized spacial score (nSPS) is 16.5. The number of hydrogen-bond donors (Lipinski definition) is 1. The average molecular weight is 304 g/mol. The van der Waals surface area contributed by atoms with E-state index in [1.165, 1.54) is 7.11 Å². The lowest BCUT2D eigenvalue weighted by molar-refractivity contribution is -0.131. The topological polar surface area (TPSA) is 58.6 Å². The van der Waals surface area contributed by atoms with E-state index in [-0.39, 0.29) is 29.8 Å². The molecular weight excluding hydrogens is 280 g/mol. The largest absolute Gasteiger partial charge is 0.496 e. The summed E-state index contributed by atoms with van der Waals surface area (Å²) in [5.74, 6) is 0.119. The molecule has 0 heterocycles. The van der Waals surface area contributed by atoms with Gasteiger partial charge < -0.3 is 15.0 Å². The molecule has 0 spiro atoms. The summed E-state index contributed by atoms with van der Waals surface area (Å²) in [5, 5.41) is 2.67. The fourth-order valence-corrected chi connectivity index (χ4v) is 2.51. The molecule has 1 atom stereocenters. The van der Waals surface area contributed by atoms with Crippen LogP contribution in [0.25, 0.3) is 0 Å². The number of ether oxygens (including phenoxy) is 1. The number of nitrogens with zero attached hydrogens (tertiary/aromatic N) is 1. The van der Waals surface area contributed by atoms with Crippen LogP contribution in [0.15, 0.2) is 24.3 Å². The summed E-state index contributed by atoms with van der Waals surface area (Å²) in [4.78, 5) is 26.1. The Morgan fingerprint density at radius 3 is 2.59 bits per heavy atom. The van der Waals surface area contributed by atoms with Crippen LogP contribution in [0.1, 0.15) is 37.0 Å². The third-order valence-corrected chi connectivity index (χ3v) is 4.77. The predicted molar refractivity (Wildman–Crippen MR) is 84.9 cm³/mol. The molecule has 1 saturated carbocycles. The number of amides is 2. The first-order valence-corrected chi connectivity index (χ1v) is 7.56. The number of nitrogens with one attached hydrogen (secondary N) is 1. The van der Waals surface area contributed by atoms with Crippen LogP contribution in [0, 0.1) is 5.41 Å². The molecule has 1 aliphatic rings. The van der Waals surface area contributed by atoms with Gasteiger partial charge in [-0.2, -0.15) is 0 Å². The quantitative estimate of drug-likeness (QED) is 0.875. The lowest BCUT2D eigenvalue weighted by Crippen LogP contribution is -2.45. The Labute approximate surface area is 131 Å². The molecule has 1 aromatic rings. The van der Waals surface area contributed by atoms with Gasteiger partial charge >= 0.3 is 0 Å². The molecule has 1 aromatic carbocycles. The van der Waals surface area contributed by atoms with E-state index in [9.17, 15) is 9.59 Å². The van der Waals surface area contributed by atoms with Crippen molar-refractivity contribution in [1.82, 2.24) is 10.2 Å². The molecule has 1 unspecified atom stereocenters. The number of benzene rings is 1. The Morgan fingerprint density at radius 1 is 1.36 bits per heavy atom. The number of hydrogen-bond acceptors (Lipinski definition) is 3. The van der Waals surface area contributed by atoms with Crippen molar-refractivity contribution in [2.45, 2.75) is 32.7 Å². The van der Waals surface area contributed by atoms with Crippen LogP contribution in [-0.4, -0.2) is 43.5 Å². The molecule has 1 N–H and O–H groups in total. The second-order valence-corrected chi connectivity index (χ2v) is 6.22. The van der Waals surface area contributed by atoms with Crippen LogP contribution in [0.4, 0.5) is 0 Å². The molecule has 5 nitrogen and oxygen atoms in total. The number of carbonyl (C=O) groups excluding carboxylic acids is 2. The highest BCUT2D eigenvalue weighted by atomic mass is 16.5. The van der Waals surface area contributed by atoms with Crippen LogP contribution in [0.3, 0.4) is 0 Å². The van der Waals surface area contributed by atoms with Crippen LogP contribution in [-0.2, 0) is 4.79 Å². The van der Waals surface area contributed by atoms with E-state index >= 15 is 0 Å². The van der Waals surface area contributed by atoms with Crippen molar-refractivity contribution in [3.8, 4) is 5.75 Å². The Kier molecular flexibility index (Phi) is 4.74. The minimum absolute atomic E-state index is 0.00615. The second kappa shape index (κ2) is 6.38. The van der Waals surface area contributed by atoms with Gasteiger partial charge in [0.2, 0.25) is 5.91 Å². The van der Waals surface area contributed by atoms with Crippen molar-refractivity contribution in [3.63, 3.8) is 0 Å². The van der Waals surface area contributed by atoms with E-state index in [1.54, 1.807) is 36.2 Å². The van der Waals surface area contributed by atoms with Crippen molar-refractivity contribution in [3.05, 3.63) is 29.8 Å². The lowest BCUT2D eigenvalue weighted by atomic mass is 9.99. The van der Waals surface area contributed by atoms with Gasteiger partial charge in [-0.15, -0.1) is 0 Å². The zero-order valence-electron chi connectivity index (χ0n) is 13.7. The minimum atomic E-state index is -0.301. The van der Waals surface area contributed by atoms with Gasteiger partial charge in [0.15, 0.2) is 0 Å². The zero-order chi connectivity index (χ0) is 16.3. The highest BCUT2D eigenvalue weighted by Gasteiger charge is 2.45. The first-order chi connectivity index (χ1) is 10.4. The lowest BCUT2D eigenvalue weighted by Gasteiger charge is -2.30. The maximum absolute atomic E-state index is 12.2. The summed E-state index contributed by atoms with van der Waals surface area (Å²) in [7, 11) is 3.31. The van der Waals surface area contributed by atoms with Gasteiger partial charge in [-0.3, -0.25) is 9.59 Å². The molecule has 0 bridgehead atoms. The molecule has 0 saturated heterocycles. The van der Waals surface area contributed by atoms with Gasteiger partial charge in [0.05, 0.1) is 19.2 Å². The summed E-state index contributed by atoms with van der Waals surface area (Å²) in [5.41, 5.74) is 0.666. The van der Waals surface area contributed by atoms with E-state index < -0.39 is 0 Å². The Hall–Kier alpha value is -2.04. The first kappa shape index (κ1) is 16.3. The van der Waals surface area contributed by atoms with E-state index in [1.807, 2.05) is 0 Å². The molecule has 1 fully saturated rings. The van der Waals surface area contributed by atoms with Crippen molar-refractivity contribution < 1.29 is 14.3 Å². The maximum Gasteiger partial charge on any atom is 0.255 e. The van der Waals surface area contributed by atoms with Crippen molar-refractivity contribution in [1.29, 1.82) is 0 Å². The first-order valence-electron chi connectivity index (χ1n) is 7.56. The molecular formula is C17H24N2O3. The Morgan fingerprint density at radius 2 is 2.00 bits per heavy atom. The Bertz CT molecular complexity index is 567. The SMILES string of the molecule is COc1ccccc1C(=O)NCC(=O)N(C)C(C)C1(C)CC1. The van der Waals surface area contributed by atoms with E-state index in [0.29, 0.717) is 11.3 Å². The number of para-hydroxylation sites is 1. The summed E-state index contributed by atoms with van der Waals surface area (Å²) < 4.78 is 5.16. The third-order valence-electron chi connectivity index (χ3n) is 4.77. The molecule has 0 radical (unpaired) electrons. The fourth-order valence-electron chi connectivity index (χ4n) is 2.51. The molecule has 2 amide bonds. The van der Waals surface area contributed by atoms with E-state index in [2.05, 4.69) is 19.2 Å². The summed E-state index contributed by atoms with van der Waals surface area (Å²) in [6, 6.07) is 7.14. The van der Waals surface area contributed by atoms with Crippen LogP contribution < -0.4 is 10.1 Å². The minimum Gasteiger partial charge on any atom is -0.496 e. The summed E-state index contributed by atoms with van der Waals surface area (Å²) in [6.07, 6.45) is 2.30. The molecule has 120 valence electrons. The van der Waals surface area contributed by atoms with Gasteiger partial charge in [0.1, 0.15) is 5.75 Å². The molecule has 1 aliphatic carbocycles. The number of likely N-dealkylation sites (N-methyl/N-ethyl adjacent to an activating group) is 1. The number of rotatable bonds is 6. The molecule has 5 heteroatoms. The zero-order valence-corrected chi connectivity index (χ0v) is 13.7. The molecule has 0 aromatic heterocycles. The maximum atomic E-state index is 12.2. The van der Waals surface area contributed by atoms with Crippen LogP contribution >= 0.6 is 0 Å². The standard InChI is InChI=1S/C17H24N2O3/c1-12(17(2)9-10-17)19(3)15(20)11-18-16(21)13-7-5-6-8-14(13)22-4/h5-8,12H,9-11H2,1-4H3,(H,18,21). The van der Waals surface area contributed by atoms with Crippen molar-refractivity contribution in [2.24, 2.45) is 5.41 Å². The van der Waals surface area contributed by atoms with E-state index in [0.717, 1.165) is 12.8 Å². The van der Waals surface area contributed by atoms with Gasteiger partial charge in [-0.05, 0) is 37.3 Å². The van der Waals surface area contributed by atoms with Gasteiger partial charge in [-0.25, -0.2) is 0 Å². The summed E-state index contributed by atoms with van der Waals surface area (Å²) in [6.45, 7) is 4.25. The highest BCUT2D eigenvalue weighted by molar-refractivity contribution is 5.98. The van der Waals surface area contributed by atoms with Crippen molar-refractivity contribution >= 4 is 11.8 Å². The fraction of sp³-hybridized carbons (Fsp3) is 0.529. The smallest absolute Gasteiger partial charge is 0.255 e. The molecule has 2 rings (SSSR count). The Balaban J connectivity index is 1.92. The van der Waals surface area contributed by atoms with Gasteiger partial charge in [0.25, 0.3) is 5.91 Å². The van der Waals surface area contributed by atoms with E-state index in [4.69, 9.17) is 4.74 Å². The molecule has 22 heavy (non-hydrogen) atoms. The molecule has 0 aliphatic heterocycles. The van der Waals surface area contributed by atoms with Gasteiger partial charge in [0, 0.05) is 13.1 Å². The van der Waals surface area contributed by atoms with Gasteiger partial charge in [-0.1, -0.05) is 19.1 Å². The predicted octanol–water partition coefficient (Wildman–Crippen LogP) is 2.07. The monoisotopic (exact) mass is 304 g/mol. The number of carbonyl (C=O) groups is 2.